The Morgan fingerprint density at radius 1 is 1.55 bits per heavy atom. The van der Waals surface area contributed by atoms with Gasteiger partial charge in [0.05, 0.1) is 13.2 Å². The van der Waals surface area contributed by atoms with Crippen molar-refractivity contribution in [2.75, 3.05) is 25.0 Å². The maximum Gasteiger partial charge on any atom is 0.323 e. The van der Waals surface area contributed by atoms with Crippen LogP contribution in [0.1, 0.15) is 29.3 Å². The van der Waals surface area contributed by atoms with Crippen LogP contribution in [0, 0.1) is 0 Å². The number of aromatic nitrogens is 2. The number of ether oxygens (including phenoxy) is 1. The molecule has 0 aromatic carbocycles. The fourth-order valence-electron chi connectivity index (χ4n) is 2.27. The predicted molar refractivity (Wildman–Crippen MR) is 87.5 cm³/mol. The molecule has 3 heterocycles. The van der Waals surface area contributed by atoms with Gasteiger partial charge in [0.1, 0.15) is 11.1 Å². The zero-order valence-corrected chi connectivity index (χ0v) is 14.0. The predicted octanol–water partition coefficient (Wildman–Crippen LogP) is 3.16. The van der Waals surface area contributed by atoms with Crippen LogP contribution in [0.15, 0.2) is 17.5 Å². The summed E-state index contributed by atoms with van der Waals surface area (Å²) in [6, 6.07) is 3.90. The third-order valence-electron chi connectivity index (χ3n) is 3.36. The number of aryl methyl sites for hydroxylation is 1. The van der Waals surface area contributed by atoms with Crippen LogP contribution >= 0.6 is 22.7 Å². The highest BCUT2D eigenvalue weighted by molar-refractivity contribution is 7.15. The molecular weight excluding hydrogens is 320 g/mol. The number of nitrogens with one attached hydrogen (secondary N) is 1. The van der Waals surface area contributed by atoms with E-state index in [4.69, 9.17) is 4.74 Å². The van der Waals surface area contributed by atoms with Crippen LogP contribution in [-0.2, 0) is 11.2 Å². The van der Waals surface area contributed by atoms with Crippen molar-refractivity contribution in [3.63, 3.8) is 0 Å². The Hall–Kier alpha value is -1.51. The van der Waals surface area contributed by atoms with E-state index >= 15 is 0 Å². The number of hydrogen-bond acceptors (Lipinski definition) is 6. The fourth-order valence-corrected chi connectivity index (χ4v) is 3.87. The molecule has 1 aliphatic rings. The molecule has 1 saturated heterocycles. The van der Waals surface area contributed by atoms with E-state index in [1.54, 1.807) is 16.2 Å². The first-order chi connectivity index (χ1) is 10.8. The van der Waals surface area contributed by atoms with Crippen molar-refractivity contribution in [1.82, 2.24) is 15.1 Å². The first-order valence-electron chi connectivity index (χ1n) is 7.29. The molecule has 1 aliphatic heterocycles. The summed E-state index contributed by atoms with van der Waals surface area (Å²) >= 11 is 3.09. The number of urea groups is 1. The molecule has 0 radical (unpaired) electrons. The average Bonchev–Trinajstić information content (AvgIpc) is 3.20. The average molecular weight is 338 g/mol. The third-order valence-corrected chi connectivity index (χ3v) is 5.22. The van der Waals surface area contributed by atoms with E-state index in [0.717, 1.165) is 22.7 Å². The Labute approximate surface area is 137 Å². The van der Waals surface area contributed by atoms with Crippen molar-refractivity contribution in [3.05, 3.63) is 27.4 Å². The second kappa shape index (κ2) is 7.17. The lowest BCUT2D eigenvalue weighted by Gasteiger charge is -2.32. The van der Waals surface area contributed by atoms with E-state index in [2.05, 4.69) is 22.4 Å². The number of carbonyl (C=O) groups is 1. The highest BCUT2D eigenvalue weighted by atomic mass is 32.1. The summed E-state index contributed by atoms with van der Waals surface area (Å²) in [5.74, 6) is 0. The van der Waals surface area contributed by atoms with Gasteiger partial charge in [-0.25, -0.2) is 4.79 Å². The molecule has 3 rings (SSSR count). The van der Waals surface area contributed by atoms with Crippen LogP contribution in [-0.4, -0.2) is 40.8 Å². The highest BCUT2D eigenvalue weighted by Gasteiger charge is 2.26. The van der Waals surface area contributed by atoms with Gasteiger partial charge in [-0.15, -0.1) is 21.5 Å². The summed E-state index contributed by atoms with van der Waals surface area (Å²) < 4.78 is 5.75. The van der Waals surface area contributed by atoms with E-state index in [9.17, 15) is 4.79 Å². The van der Waals surface area contributed by atoms with Gasteiger partial charge in [0.15, 0.2) is 0 Å². The van der Waals surface area contributed by atoms with Crippen LogP contribution in [0.25, 0.3) is 0 Å². The lowest BCUT2D eigenvalue weighted by Crippen LogP contribution is -2.44. The van der Waals surface area contributed by atoms with Gasteiger partial charge in [0, 0.05) is 17.8 Å². The number of thiophene rings is 1. The van der Waals surface area contributed by atoms with Gasteiger partial charge in [-0.3, -0.25) is 5.32 Å². The zero-order chi connectivity index (χ0) is 15.4. The molecule has 1 atom stereocenters. The van der Waals surface area contributed by atoms with Crippen LogP contribution in [0.5, 0.6) is 0 Å². The Balaban J connectivity index is 1.59. The van der Waals surface area contributed by atoms with Crippen molar-refractivity contribution in [2.24, 2.45) is 0 Å². The number of nitrogens with zero attached hydrogens (tertiary/aromatic N) is 3. The molecule has 0 spiro atoms. The van der Waals surface area contributed by atoms with Crippen LogP contribution in [0.4, 0.5) is 9.93 Å². The number of carbonyl (C=O) groups excluding carboxylic acids is 1. The number of morpholine rings is 1. The lowest BCUT2D eigenvalue weighted by molar-refractivity contribution is -0.0115. The minimum atomic E-state index is -0.135. The molecule has 0 unspecified atom stereocenters. The van der Waals surface area contributed by atoms with Gasteiger partial charge in [-0.2, -0.15) is 0 Å². The molecule has 2 aromatic rings. The molecule has 2 aromatic heterocycles. The summed E-state index contributed by atoms with van der Waals surface area (Å²) in [6.07, 6.45) is 1.88. The van der Waals surface area contributed by atoms with Crippen molar-refractivity contribution < 1.29 is 9.53 Å². The second-order valence-corrected chi connectivity index (χ2v) is 7.04. The quantitative estimate of drug-likeness (QED) is 0.930. The standard InChI is InChI=1S/C14H18N4O2S2/c1-2-4-12-16-17-13(22-12)15-14(19)18-6-7-20-10(9-18)11-5-3-8-21-11/h3,5,8,10H,2,4,6-7,9H2,1H3,(H,15,17,19)/t10-/m0/s1. The smallest absolute Gasteiger partial charge is 0.323 e. The Morgan fingerprint density at radius 3 is 3.23 bits per heavy atom. The summed E-state index contributed by atoms with van der Waals surface area (Å²) in [4.78, 5) is 15.3. The molecule has 6 nitrogen and oxygen atoms in total. The molecule has 1 N–H and O–H groups in total. The molecule has 0 aliphatic carbocycles. The maximum atomic E-state index is 12.4. The Bertz CT molecular complexity index is 614. The molecule has 0 saturated carbocycles. The fraction of sp³-hybridized carbons (Fsp3) is 0.500. The van der Waals surface area contributed by atoms with E-state index in [-0.39, 0.29) is 12.1 Å². The summed E-state index contributed by atoms with van der Waals surface area (Å²) in [5, 5.41) is 14.5. The van der Waals surface area contributed by atoms with Crippen LogP contribution < -0.4 is 5.32 Å². The maximum absolute atomic E-state index is 12.4. The number of rotatable bonds is 4. The van der Waals surface area contributed by atoms with Crippen molar-refractivity contribution in [3.8, 4) is 0 Å². The van der Waals surface area contributed by atoms with E-state index < -0.39 is 0 Å². The van der Waals surface area contributed by atoms with E-state index in [1.165, 1.54) is 11.3 Å². The van der Waals surface area contributed by atoms with Gasteiger partial charge >= 0.3 is 6.03 Å². The van der Waals surface area contributed by atoms with Gasteiger partial charge in [0.25, 0.3) is 0 Å². The first-order valence-corrected chi connectivity index (χ1v) is 8.99. The monoisotopic (exact) mass is 338 g/mol. The summed E-state index contributed by atoms with van der Waals surface area (Å²) in [5.41, 5.74) is 0. The number of hydrogen-bond donors (Lipinski definition) is 1. The normalized spacial score (nSPS) is 18.4. The molecular formula is C14H18N4O2S2. The minimum Gasteiger partial charge on any atom is -0.369 e. The molecule has 1 fully saturated rings. The topological polar surface area (TPSA) is 67.4 Å². The lowest BCUT2D eigenvalue weighted by atomic mass is 10.2. The number of amides is 2. The summed E-state index contributed by atoms with van der Waals surface area (Å²) in [6.45, 7) is 3.80. The molecule has 0 bridgehead atoms. The Morgan fingerprint density at radius 2 is 2.45 bits per heavy atom. The van der Waals surface area contributed by atoms with Gasteiger partial charge in [0.2, 0.25) is 5.13 Å². The van der Waals surface area contributed by atoms with Crippen molar-refractivity contribution in [2.45, 2.75) is 25.9 Å². The van der Waals surface area contributed by atoms with Crippen LogP contribution in [0.2, 0.25) is 0 Å². The minimum absolute atomic E-state index is 0.0374. The van der Waals surface area contributed by atoms with Gasteiger partial charge in [-0.05, 0) is 17.9 Å². The molecule has 8 heteroatoms. The molecule has 118 valence electrons. The third kappa shape index (κ3) is 3.63. The number of anilines is 1. The van der Waals surface area contributed by atoms with Crippen LogP contribution in [0.3, 0.4) is 0 Å². The largest absolute Gasteiger partial charge is 0.369 e. The van der Waals surface area contributed by atoms with Gasteiger partial charge < -0.3 is 9.64 Å². The van der Waals surface area contributed by atoms with Crippen molar-refractivity contribution in [1.29, 1.82) is 0 Å². The zero-order valence-electron chi connectivity index (χ0n) is 12.3. The van der Waals surface area contributed by atoms with E-state index in [1.807, 2.05) is 17.5 Å². The second-order valence-electron chi connectivity index (χ2n) is 5.00. The highest BCUT2D eigenvalue weighted by Crippen LogP contribution is 2.26. The molecule has 22 heavy (non-hydrogen) atoms. The SMILES string of the molecule is CCCc1nnc(NC(=O)N2CCO[C@H](c3cccs3)C2)s1. The van der Waals surface area contributed by atoms with Crippen molar-refractivity contribution >= 4 is 33.8 Å². The van der Waals surface area contributed by atoms with Gasteiger partial charge in [-0.1, -0.05) is 24.3 Å². The van der Waals surface area contributed by atoms with E-state index in [0.29, 0.717) is 24.8 Å². The first kappa shape index (κ1) is 15.4. The Kier molecular flexibility index (Phi) is 5.01. The summed E-state index contributed by atoms with van der Waals surface area (Å²) in [7, 11) is 0. The molecule has 2 amide bonds.